The van der Waals surface area contributed by atoms with Crippen LogP contribution >= 0.6 is 0 Å². The molecule has 1 heteroatoms. The van der Waals surface area contributed by atoms with Crippen LogP contribution in [0, 0.1) is 13.8 Å². The predicted octanol–water partition coefficient (Wildman–Crippen LogP) is 3.22. The molecule has 1 aliphatic rings. The van der Waals surface area contributed by atoms with E-state index in [0.29, 0.717) is 0 Å². The first-order valence-electron chi connectivity index (χ1n) is 5.03. The van der Waals surface area contributed by atoms with Gasteiger partial charge in [0.1, 0.15) is 0 Å². The van der Waals surface area contributed by atoms with Crippen LogP contribution in [0.1, 0.15) is 36.0 Å². The maximum atomic E-state index is 3.47. The highest BCUT2D eigenvalue weighted by Gasteiger charge is 2.17. The SMILES string of the molecule is Cc1cc(C)c2c(c1)NCCC2C. The minimum atomic E-state index is 0.719. The van der Waals surface area contributed by atoms with Gasteiger partial charge >= 0.3 is 0 Å². The van der Waals surface area contributed by atoms with Gasteiger partial charge in [-0.3, -0.25) is 0 Å². The molecule has 1 N–H and O–H groups in total. The van der Waals surface area contributed by atoms with E-state index in [0.717, 1.165) is 12.5 Å². The summed E-state index contributed by atoms with van der Waals surface area (Å²) in [7, 11) is 0. The summed E-state index contributed by atoms with van der Waals surface area (Å²) in [6, 6.07) is 4.54. The molecule has 1 nitrogen and oxygen atoms in total. The number of fused-ring (bicyclic) bond motifs is 1. The molecule has 0 amide bonds. The van der Waals surface area contributed by atoms with Crippen LogP contribution in [0.2, 0.25) is 0 Å². The third kappa shape index (κ3) is 1.43. The number of aryl methyl sites for hydroxylation is 2. The summed E-state index contributed by atoms with van der Waals surface area (Å²) in [5.41, 5.74) is 5.68. The Labute approximate surface area is 80.2 Å². The molecule has 70 valence electrons. The van der Waals surface area contributed by atoms with Crippen LogP contribution < -0.4 is 5.32 Å². The third-order valence-electron chi connectivity index (χ3n) is 2.92. The van der Waals surface area contributed by atoms with Crippen molar-refractivity contribution in [2.45, 2.75) is 33.1 Å². The molecule has 0 saturated carbocycles. The van der Waals surface area contributed by atoms with Gasteiger partial charge in [-0.15, -0.1) is 0 Å². The van der Waals surface area contributed by atoms with E-state index in [9.17, 15) is 0 Å². The van der Waals surface area contributed by atoms with E-state index in [4.69, 9.17) is 0 Å². The first kappa shape index (κ1) is 8.61. The molecule has 1 unspecified atom stereocenters. The van der Waals surface area contributed by atoms with Crippen molar-refractivity contribution < 1.29 is 0 Å². The Morgan fingerprint density at radius 3 is 2.85 bits per heavy atom. The van der Waals surface area contributed by atoms with Crippen LogP contribution in [-0.4, -0.2) is 6.54 Å². The Bertz CT molecular complexity index is 328. The van der Waals surface area contributed by atoms with E-state index in [2.05, 4.69) is 38.2 Å². The summed E-state index contributed by atoms with van der Waals surface area (Å²) in [5, 5.41) is 3.47. The van der Waals surface area contributed by atoms with Crippen molar-refractivity contribution in [1.82, 2.24) is 0 Å². The number of nitrogens with one attached hydrogen (secondary N) is 1. The fraction of sp³-hybridized carbons (Fsp3) is 0.500. The van der Waals surface area contributed by atoms with Crippen LogP contribution in [0.4, 0.5) is 5.69 Å². The summed E-state index contributed by atoms with van der Waals surface area (Å²) in [5.74, 6) is 0.719. The van der Waals surface area contributed by atoms with Crippen LogP contribution in [0.15, 0.2) is 12.1 Å². The second-order valence-electron chi connectivity index (χ2n) is 4.16. The highest BCUT2D eigenvalue weighted by Crippen LogP contribution is 2.34. The second kappa shape index (κ2) is 3.06. The lowest BCUT2D eigenvalue weighted by molar-refractivity contribution is 0.679. The van der Waals surface area contributed by atoms with Crippen molar-refractivity contribution in [2.24, 2.45) is 0 Å². The average Bonchev–Trinajstić information content (AvgIpc) is 2.02. The fourth-order valence-electron chi connectivity index (χ4n) is 2.35. The minimum Gasteiger partial charge on any atom is -0.385 e. The quantitative estimate of drug-likeness (QED) is 0.638. The molecule has 1 heterocycles. The summed E-state index contributed by atoms with van der Waals surface area (Å²) in [6.45, 7) is 7.82. The highest BCUT2D eigenvalue weighted by molar-refractivity contribution is 5.59. The molecule has 0 aromatic heterocycles. The van der Waals surface area contributed by atoms with E-state index in [-0.39, 0.29) is 0 Å². The summed E-state index contributed by atoms with van der Waals surface area (Å²) < 4.78 is 0. The standard InChI is InChI=1S/C12H17N/c1-8-6-10(3)12-9(2)4-5-13-11(12)7-8/h6-7,9,13H,4-5H2,1-3H3. The molecule has 0 spiro atoms. The fourth-order valence-corrected chi connectivity index (χ4v) is 2.35. The molecule has 1 atom stereocenters. The van der Waals surface area contributed by atoms with Gasteiger partial charge < -0.3 is 5.32 Å². The molecule has 0 fully saturated rings. The van der Waals surface area contributed by atoms with Crippen molar-refractivity contribution in [1.29, 1.82) is 0 Å². The zero-order chi connectivity index (χ0) is 9.42. The van der Waals surface area contributed by atoms with Gasteiger partial charge in [-0.1, -0.05) is 13.0 Å². The van der Waals surface area contributed by atoms with Gasteiger partial charge in [0.05, 0.1) is 0 Å². The maximum absolute atomic E-state index is 3.47. The van der Waals surface area contributed by atoms with Gasteiger partial charge in [0.2, 0.25) is 0 Å². The summed E-state index contributed by atoms with van der Waals surface area (Å²) in [4.78, 5) is 0. The molecule has 1 aromatic carbocycles. The van der Waals surface area contributed by atoms with Crippen LogP contribution in [0.5, 0.6) is 0 Å². The first-order chi connectivity index (χ1) is 6.18. The highest BCUT2D eigenvalue weighted by atomic mass is 14.9. The summed E-state index contributed by atoms with van der Waals surface area (Å²) in [6.07, 6.45) is 1.26. The van der Waals surface area contributed by atoms with E-state index in [1.54, 1.807) is 0 Å². The third-order valence-corrected chi connectivity index (χ3v) is 2.92. The predicted molar refractivity (Wildman–Crippen MR) is 57.4 cm³/mol. The number of anilines is 1. The average molecular weight is 175 g/mol. The molecule has 2 rings (SSSR count). The van der Waals surface area contributed by atoms with E-state index >= 15 is 0 Å². The van der Waals surface area contributed by atoms with E-state index in [1.165, 1.54) is 28.8 Å². The zero-order valence-electron chi connectivity index (χ0n) is 8.65. The smallest absolute Gasteiger partial charge is 0.0380 e. The van der Waals surface area contributed by atoms with Crippen molar-refractivity contribution >= 4 is 5.69 Å². The van der Waals surface area contributed by atoms with Crippen LogP contribution in [0.25, 0.3) is 0 Å². The number of hydrogen-bond acceptors (Lipinski definition) is 1. The lowest BCUT2D eigenvalue weighted by atomic mass is 9.88. The van der Waals surface area contributed by atoms with Crippen molar-refractivity contribution in [3.8, 4) is 0 Å². The van der Waals surface area contributed by atoms with Crippen LogP contribution in [-0.2, 0) is 0 Å². The zero-order valence-corrected chi connectivity index (χ0v) is 8.65. The van der Waals surface area contributed by atoms with Gasteiger partial charge in [0.25, 0.3) is 0 Å². The lowest BCUT2D eigenvalue weighted by Crippen LogP contribution is -2.16. The summed E-state index contributed by atoms with van der Waals surface area (Å²) >= 11 is 0. The normalized spacial score (nSPS) is 20.7. The van der Waals surface area contributed by atoms with Gasteiger partial charge in [0, 0.05) is 12.2 Å². The molecular weight excluding hydrogens is 158 g/mol. The Hall–Kier alpha value is -0.980. The van der Waals surface area contributed by atoms with Gasteiger partial charge in [0.15, 0.2) is 0 Å². The number of rotatable bonds is 0. The Morgan fingerprint density at radius 2 is 2.08 bits per heavy atom. The minimum absolute atomic E-state index is 0.719. The molecule has 13 heavy (non-hydrogen) atoms. The Kier molecular flexibility index (Phi) is 2.03. The Morgan fingerprint density at radius 1 is 1.31 bits per heavy atom. The molecule has 0 saturated heterocycles. The molecule has 0 radical (unpaired) electrons. The largest absolute Gasteiger partial charge is 0.385 e. The second-order valence-corrected chi connectivity index (χ2v) is 4.16. The Balaban J connectivity index is 2.56. The van der Waals surface area contributed by atoms with Crippen molar-refractivity contribution in [3.63, 3.8) is 0 Å². The molecule has 0 bridgehead atoms. The topological polar surface area (TPSA) is 12.0 Å². The van der Waals surface area contributed by atoms with Crippen molar-refractivity contribution in [2.75, 3.05) is 11.9 Å². The monoisotopic (exact) mass is 175 g/mol. The van der Waals surface area contributed by atoms with Gasteiger partial charge in [-0.05, 0) is 48.9 Å². The maximum Gasteiger partial charge on any atom is 0.0380 e. The molecular formula is C12H17N. The lowest BCUT2D eigenvalue weighted by Gasteiger charge is -2.26. The van der Waals surface area contributed by atoms with E-state index < -0.39 is 0 Å². The molecule has 1 aromatic rings. The van der Waals surface area contributed by atoms with Crippen molar-refractivity contribution in [3.05, 3.63) is 28.8 Å². The van der Waals surface area contributed by atoms with Gasteiger partial charge in [-0.2, -0.15) is 0 Å². The van der Waals surface area contributed by atoms with Gasteiger partial charge in [-0.25, -0.2) is 0 Å². The van der Waals surface area contributed by atoms with E-state index in [1.807, 2.05) is 0 Å². The number of hydrogen-bond donors (Lipinski definition) is 1. The van der Waals surface area contributed by atoms with Crippen LogP contribution in [0.3, 0.4) is 0 Å². The first-order valence-corrected chi connectivity index (χ1v) is 5.03. The molecule has 0 aliphatic carbocycles. The molecule has 1 aliphatic heterocycles. The number of benzene rings is 1.